The van der Waals surface area contributed by atoms with Gasteiger partial charge in [-0.3, -0.25) is 14.8 Å². The minimum absolute atomic E-state index is 0.167. The lowest BCUT2D eigenvalue weighted by molar-refractivity contribution is -0.137. The molecule has 0 radical (unpaired) electrons. The molecular weight excluding hydrogens is 387 g/mol. The monoisotopic (exact) mass is 411 g/mol. The molecule has 1 unspecified atom stereocenters. The van der Waals surface area contributed by atoms with Crippen molar-refractivity contribution in [3.8, 4) is 5.75 Å². The Morgan fingerprint density at radius 3 is 2.55 bits per heavy atom. The molecule has 0 bridgehead atoms. The van der Waals surface area contributed by atoms with Crippen LogP contribution in [0.2, 0.25) is 0 Å². The molecule has 0 aliphatic carbocycles. The highest BCUT2D eigenvalue weighted by Gasteiger charge is 2.31. The molecule has 29 heavy (non-hydrogen) atoms. The van der Waals surface area contributed by atoms with Crippen molar-refractivity contribution in [2.24, 2.45) is 0 Å². The molecule has 0 saturated carbocycles. The number of rotatable bonds is 8. The Morgan fingerprint density at radius 1 is 1.28 bits per heavy atom. The summed E-state index contributed by atoms with van der Waals surface area (Å²) in [6.45, 7) is 3.96. The number of hydrogen-bond donors (Lipinski definition) is 1. The van der Waals surface area contributed by atoms with Crippen molar-refractivity contribution in [3.63, 3.8) is 0 Å². The summed E-state index contributed by atoms with van der Waals surface area (Å²) in [6.07, 6.45) is -1.32. The van der Waals surface area contributed by atoms with Crippen LogP contribution in [0, 0.1) is 0 Å². The Balaban J connectivity index is 2.17. The number of halogens is 3. The Hall–Kier alpha value is -2.68. The summed E-state index contributed by atoms with van der Waals surface area (Å²) in [4.78, 5) is 22.1. The van der Waals surface area contributed by atoms with Gasteiger partial charge in [0.05, 0.1) is 25.1 Å². The Morgan fingerprint density at radius 2 is 2.00 bits per heavy atom. The van der Waals surface area contributed by atoms with Crippen molar-refractivity contribution in [3.05, 3.63) is 53.6 Å². The second-order valence-corrected chi connectivity index (χ2v) is 6.60. The highest BCUT2D eigenvalue weighted by atomic mass is 19.4. The van der Waals surface area contributed by atoms with Crippen molar-refractivity contribution in [1.82, 2.24) is 14.9 Å². The molecule has 2 heterocycles. The van der Waals surface area contributed by atoms with Crippen molar-refractivity contribution >= 4 is 5.91 Å². The van der Waals surface area contributed by atoms with Crippen molar-refractivity contribution in [2.75, 3.05) is 13.7 Å². The molecule has 0 fully saturated rings. The zero-order valence-corrected chi connectivity index (χ0v) is 16.5. The van der Waals surface area contributed by atoms with Gasteiger partial charge in [0.1, 0.15) is 11.9 Å². The van der Waals surface area contributed by atoms with E-state index in [1.165, 1.54) is 30.5 Å². The van der Waals surface area contributed by atoms with Gasteiger partial charge >= 0.3 is 6.18 Å². The van der Waals surface area contributed by atoms with Crippen molar-refractivity contribution in [2.45, 2.75) is 45.0 Å². The number of amides is 1. The first-order chi connectivity index (χ1) is 13.7. The second kappa shape index (κ2) is 9.69. The quantitative estimate of drug-likeness (QED) is 0.721. The standard InChI is InChI=1S/C20H24F3N3O3/c1-4-9-26(13(2)19(28)16-12-24-8-7-17(16)29-3)18(27)10-15-6-5-14(11-25-15)20(21,22)23/h5-8,11-13,19,28H,4,9-10H2,1-3H3/t13-,19?/m0/s1. The molecule has 1 amide bonds. The molecule has 2 aromatic heterocycles. The minimum atomic E-state index is -4.48. The van der Waals surface area contributed by atoms with E-state index in [2.05, 4.69) is 9.97 Å². The fourth-order valence-electron chi connectivity index (χ4n) is 2.98. The molecule has 9 heteroatoms. The molecule has 2 aromatic rings. The molecule has 0 spiro atoms. The van der Waals surface area contributed by atoms with E-state index in [4.69, 9.17) is 4.74 Å². The van der Waals surface area contributed by atoms with Gasteiger partial charge in [0.25, 0.3) is 0 Å². The minimum Gasteiger partial charge on any atom is -0.496 e. The average Bonchev–Trinajstić information content (AvgIpc) is 2.70. The number of pyridine rings is 2. The maximum absolute atomic E-state index is 12.8. The van der Waals surface area contributed by atoms with Crippen LogP contribution in [0.15, 0.2) is 36.8 Å². The average molecular weight is 411 g/mol. The first-order valence-corrected chi connectivity index (χ1v) is 9.16. The van der Waals surface area contributed by atoms with Crippen LogP contribution in [0.4, 0.5) is 13.2 Å². The maximum atomic E-state index is 12.8. The molecule has 0 aliphatic rings. The molecular formula is C20H24F3N3O3. The summed E-state index contributed by atoms with van der Waals surface area (Å²) in [5.41, 5.74) is -0.194. The van der Waals surface area contributed by atoms with Gasteiger partial charge in [-0.05, 0) is 31.5 Å². The fraction of sp³-hybridized carbons (Fsp3) is 0.450. The largest absolute Gasteiger partial charge is 0.496 e. The topological polar surface area (TPSA) is 75.6 Å². The van der Waals surface area contributed by atoms with Crippen LogP contribution in [0.5, 0.6) is 5.75 Å². The van der Waals surface area contributed by atoms with Crippen LogP contribution in [-0.2, 0) is 17.4 Å². The van der Waals surface area contributed by atoms with E-state index in [0.29, 0.717) is 30.5 Å². The summed E-state index contributed by atoms with van der Waals surface area (Å²) in [7, 11) is 1.47. The normalized spacial score (nSPS) is 13.6. The highest BCUT2D eigenvalue weighted by molar-refractivity contribution is 5.78. The van der Waals surface area contributed by atoms with E-state index in [-0.39, 0.29) is 18.0 Å². The number of aliphatic hydroxyl groups excluding tert-OH is 1. The number of carbonyl (C=O) groups is 1. The Kier molecular flexibility index (Phi) is 7.55. The van der Waals surface area contributed by atoms with Crippen LogP contribution in [0.1, 0.15) is 43.2 Å². The van der Waals surface area contributed by atoms with E-state index in [9.17, 15) is 23.1 Å². The lowest BCUT2D eigenvalue weighted by Gasteiger charge is -2.33. The van der Waals surface area contributed by atoms with Crippen molar-refractivity contribution < 1.29 is 27.8 Å². The number of aromatic nitrogens is 2. The Labute approximate surface area is 167 Å². The summed E-state index contributed by atoms with van der Waals surface area (Å²) in [6, 6.07) is 3.10. The molecule has 6 nitrogen and oxygen atoms in total. The zero-order valence-electron chi connectivity index (χ0n) is 16.5. The van der Waals surface area contributed by atoms with Crippen molar-refractivity contribution in [1.29, 1.82) is 0 Å². The lowest BCUT2D eigenvalue weighted by Crippen LogP contribution is -2.43. The van der Waals surface area contributed by atoms with Gasteiger partial charge < -0.3 is 14.7 Å². The molecule has 158 valence electrons. The van der Waals surface area contributed by atoms with E-state index in [1.807, 2.05) is 6.92 Å². The van der Waals surface area contributed by atoms with Gasteiger partial charge in [-0.2, -0.15) is 13.2 Å². The van der Waals surface area contributed by atoms with Gasteiger partial charge in [-0.25, -0.2) is 0 Å². The van der Waals surface area contributed by atoms with Crippen LogP contribution >= 0.6 is 0 Å². The Bertz CT molecular complexity index is 813. The third kappa shape index (κ3) is 5.66. The van der Waals surface area contributed by atoms with Crippen LogP contribution in [0.25, 0.3) is 0 Å². The number of alkyl halides is 3. The van der Waals surface area contributed by atoms with Gasteiger partial charge in [-0.15, -0.1) is 0 Å². The summed E-state index contributed by atoms with van der Waals surface area (Å²) >= 11 is 0. The third-order valence-electron chi connectivity index (χ3n) is 4.57. The van der Waals surface area contributed by atoms with E-state index >= 15 is 0 Å². The predicted octanol–water partition coefficient (Wildman–Crippen LogP) is 3.41. The van der Waals surface area contributed by atoms with E-state index < -0.39 is 23.9 Å². The first-order valence-electron chi connectivity index (χ1n) is 9.16. The van der Waals surface area contributed by atoms with Gasteiger partial charge in [0.15, 0.2) is 0 Å². The molecule has 0 aliphatic heterocycles. The highest BCUT2D eigenvalue weighted by Crippen LogP contribution is 2.30. The van der Waals surface area contributed by atoms with Gasteiger partial charge in [0.2, 0.25) is 5.91 Å². The molecule has 0 aromatic carbocycles. The first kappa shape index (κ1) is 22.6. The number of carbonyl (C=O) groups excluding carboxylic acids is 1. The molecule has 0 saturated heterocycles. The van der Waals surface area contributed by atoms with Gasteiger partial charge in [0, 0.05) is 36.4 Å². The smallest absolute Gasteiger partial charge is 0.417 e. The second-order valence-electron chi connectivity index (χ2n) is 6.60. The molecule has 1 N–H and O–H groups in total. The summed E-state index contributed by atoms with van der Waals surface area (Å²) in [5, 5.41) is 10.8. The third-order valence-corrected chi connectivity index (χ3v) is 4.57. The number of ether oxygens (including phenoxy) is 1. The van der Waals surface area contributed by atoms with Gasteiger partial charge in [-0.1, -0.05) is 6.92 Å². The molecule has 2 atom stereocenters. The summed E-state index contributed by atoms with van der Waals surface area (Å²) < 4.78 is 43.3. The SMILES string of the molecule is CCCN(C(=O)Cc1ccc(C(F)(F)F)cn1)[C@@H](C)C(O)c1cnccc1OC. The zero-order chi connectivity index (χ0) is 21.6. The van der Waals surface area contributed by atoms with Crippen LogP contribution in [-0.4, -0.2) is 45.6 Å². The predicted molar refractivity (Wildman–Crippen MR) is 100 cm³/mol. The fourth-order valence-corrected chi connectivity index (χ4v) is 2.98. The van der Waals surface area contributed by atoms with Crippen LogP contribution < -0.4 is 4.74 Å². The molecule has 2 rings (SSSR count). The van der Waals surface area contributed by atoms with E-state index in [1.54, 1.807) is 13.0 Å². The summed E-state index contributed by atoms with van der Waals surface area (Å²) in [5.74, 6) is 0.112. The lowest BCUT2D eigenvalue weighted by atomic mass is 10.0. The maximum Gasteiger partial charge on any atom is 0.417 e. The number of hydrogen-bond acceptors (Lipinski definition) is 5. The number of nitrogens with zero attached hydrogens (tertiary/aromatic N) is 3. The van der Waals surface area contributed by atoms with Crippen LogP contribution in [0.3, 0.4) is 0 Å². The number of methoxy groups -OCH3 is 1. The number of aliphatic hydroxyl groups is 1. The van der Waals surface area contributed by atoms with E-state index in [0.717, 1.165) is 6.07 Å².